The molecule has 2 nitrogen and oxygen atoms in total. The molecule has 1 atom stereocenters. The highest BCUT2D eigenvalue weighted by atomic mass is 35.5. The normalized spacial score (nSPS) is 12.4. The van der Waals surface area contributed by atoms with Crippen molar-refractivity contribution in [2.45, 2.75) is 12.5 Å². The summed E-state index contributed by atoms with van der Waals surface area (Å²) in [6.45, 7) is 0. The number of nitrogens with two attached hydrogens (primary N) is 1. The smallest absolute Gasteiger partial charge is 0.126 e. The van der Waals surface area contributed by atoms with Crippen LogP contribution in [0.1, 0.15) is 17.2 Å². The average molecular weight is 266 g/mol. The number of aliphatic hydroxyl groups excluding tert-OH is 1. The molecule has 2 aromatic carbocycles. The van der Waals surface area contributed by atoms with Crippen molar-refractivity contribution < 1.29 is 9.50 Å². The van der Waals surface area contributed by atoms with Crippen molar-refractivity contribution in [3.63, 3.8) is 0 Å². The van der Waals surface area contributed by atoms with Gasteiger partial charge in [0.2, 0.25) is 0 Å². The SMILES string of the molecule is Nc1cc(Cl)ccc1C(O)Cc1ccccc1F. The molecule has 0 aliphatic carbocycles. The summed E-state index contributed by atoms with van der Waals surface area (Å²) in [7, 11) is 0. The molecule has 3 N–H and O–H groups in total. The van der Waals surface area contributed by atoms with Crippen molar-refractivity contribution >= 4 is 17.3 Å². The molecule has 0 fully saturated rings. The first-order chi connectivity index (χ1) is 8.58. The Morgan fingerprint density at radius 3 is 2.61 bits per heavy atom. The van der Waals surface area contributed by atoms with Crippen LogP contribution >= 0.6 is 11.6 Å². The monoisotopic (exact) mass is 265 g/mol. The lowest BCUT2D eigenvalue weighted by molar-refractivity contribution is 0.178. The molecule has 94 valence electrons. The molecule has 0 saturated carbocycles. The van der Waals surface area contributed by atoms with E-state index in [4.69, 9.17) is 17.3 Å². The molecule has 0 saturated heterocycles. The van der Waals surface area contributed by atoms with Crippen LogP contribution in [0.4, 0.5) is 10.1 Å². The third-order valence-corrected chi connectivity index (χ3v) is 3.01. The van der Waals surface area contributed by atoms with Crippen molar-refractivity contribution in [1.82, 2.24) is 0 Å². The lowest BCUT2D eigenvalue weighted by Crippen LogP contribution is -2.06. The number of hydrogen-bond acceptors (Lipinski definition) is 2. The van der Waals surface area contributed by atoms with Gasteiger partial charge in [-0.2, -0.15) is 0 Å². The summed E-state index contributed by atoms with van der Waals surface area (Å²) in [4.78, 5) is 0. The van der Waals surface area contributed by atoms with E-state index in [1.165, 1.54) is 6.07 Å². The molecule has 1 unspecified atom stereocenters. The first-order valence-electron chi connectivity index (χ1n) is 5.54. The van der Waals surface area contributed by atoms with Gasteiger partial charge < -0.3 is 10.8 Å². The molecule has 0 heterocycles. The standard InChI is InChI=1S/C14H13ClFNO/c15-10-5-6-11(13(17)8-10)14(18)7-9-3-1-2-4-12(9)16/h1-6,8,14,18H,7,17H2. The van der Waals surface area contributed by atoms with Crippen molar-refractivity contribution in [1.29, 1.82) is 0 Å². The van der Waals surface area contributed by atoms with E-state index in [1.54, 1.807) is 36.4 Å². The van der Waals surface area contributed by atoms with E-state index < -0.39 is 6.10 Å². The van der Waals surface area contributed by atoms with Gasteiger partial charge in [-0.1, -0.05) is 35.9 Å². The maximum atomic E-state index is 13.5. The zero-order valence-corrected chi connectivity index (χ0v) is 10.4. The third kappa shape index (κ3) is 2.81. The first-order valence-corrected chi connectivity index (χ1v) is 5.92. The minimum atomic E-state index is -0.848. The van der Waals surface area contributed by atoms with Crippen molar-refractivity contribution in [2.75, 3.05) is 5.73 Å². The van der Waals surface area contributed by atoms with Crippen LogP contribution in [-0.2, 0) is 6.42 Å². The molecule has 0 amide bonds. The van der Waals surface area contributed by atoms with Crippen molar-refractivity contribution in [2.24, 2.45) is 0 Å². The number of halogens is 2. The number of hydrogen-bond donors (Lipinski definition) is 2. The van der Waals surface area contributed by atoms with Crippen LogP contribution in [0, 0.1) is 5.82 Å². The molecular weight excluding hydrogens is 253 g/mol. The summed E-state index contributed by atoms with van der Waals surface area (Å²) in [5, 5.41) is 10.6. The van der Waals surface area contributed by atoms with E-state index in [0.717, 1.165) is 0 Å². The van der Waals surface area contributed by atoms with Gasteiger partial charge in [-0.25, -0.2) is 4.39 Å². The van der Waals surface area contributed by atoms with Gasteiger partial charge in [0, 0.05) is 22.7 Å². The van der Waals surface area contributed by atoms with Crippen LogP contribution in [0.15, 0.2) is 42.5 Å². The molecule has 0 aliphatic heterocycles. The lowest BCUT2D eigenvalue weighted by atomic mass is 10.00. The van der Waals surface area contributed by atoms with Gasteiger partial charge in [-0.05, 0) is 23.8 Å². The number of anilines is 1. The summed E-state index contributed by atoms with van der Waals surface area (Å²) in [5.74, 6) is -0.330. The van der Waals surface area contributed by atoms with Crippen LogP contribution in [0.25, 0.3) is 0 Å². The molecule has 0 radical (unpaired) electrons. The Morgan fingerprint density at radius 1 is 1.22 bits per heavy atom. The zero-order valence-electron chi connectivity index (χ0n) is 9.61. The van der Waals surface area contributed by atoms with Crippen LogP contribution in [0.2, 0.25) is 5.02 Å². The average Bonchev–Trinajstić information content (AvgIpc) is 2.32. The topological polar surface area (TPSA) is 46.2 Å². The third-order valence-electron chi connectivity index (χ3n) is 2.78. The second kappa shape index (κ2) is 5.38. The Hall–Kier alpha value is -1.58. The number of aliphatic hydroxyl groups is 1. The van der Waals surface area contributed by atoms with Crippen molar-refractivity contribution in [3.05, 3.63) is 64.4 Å². The molecule has 2 rings (SSSR count). The second-order valence-electron chi connectivity index (χ2n) is 4.08. The highest BCUT2D eigenvalue weighted by molar-refractivity contribution is 6.30. The van der Waals surface area contributed by atoms with Crippen LogP contribution in [0.3, 0.4) is 0 Å². The molecule has 0 bridgehead atoms. The summed E-state index contributed by atoms with van der Waals surface area (Å²) in [6, 6.07) is 11.2. The fourth-order valence-electron chi connectivity index (χ4n) is 1.83. The largest absolute Gasteiger partial charge is 0.398 e. The molecular formula is C14H13ClFNO. The maximum Gasteiger partial charge on any atom is 0.126 e. The van der Waals surface area contributed by atoms with Crippen LogP contribution in [-0.4, -0.2) is 5.11 Å². The summed E-state index contributed by atoms with van der Waals surface area (Å²) in [6.07, 6.45) is -0.669. The Balaban J connectivity index is 2.22. The van der Waals surface area contributed by atoms with E-state index in [9.17, 15) is 9.50 Å². The Morgan fingerprint density at radius 2 is 1.94 bits per heavy atom. The zero-order chi connectivity index (χ0) is 13.1. The molecule has 2 aromatic rings. The van der Waals surface area contributed by atoms with Gasteiger partial charge in [0.15, 0.2) is 0 Å². The van der Waals surface area contributed by atoms with E-state index in [-0.39, 0.29) is 12.2 Å². The van der Waals surface area contributed by atoms with Crippen LogP contribution < -0.4 is 5.73 Å². The van der Waals surface area contributed by atoms with Crippen LogP contribution in [0.5, 0.6) is 0 Å². The Labute approximate surface area is 110 Å². The number of benzene rings is 2. The highest BCUT2D eigenvalue weighted by Gasteiger charge is 2.14. The lowest BCUT2D eigenvalue weighted by Gasteiger charge is -2.14. The fourth-order valence-corrected chi connectivity index (χ4v) is 2.01. The summed E-state index contributed by atoms with van der Waals surface area (Å²) < 4.78 is 13.5. The van der Waals surface area contributed by atoms with Crippen molar-refractivity contribution in [3.8, 4) is 0 Å². The highest BCUT2D eigenvalue weighted by Crippen LogP contribution is 2.27. The van der Waals surface area contributed by atoms with Gasteiger partial charge in [0.05, 0.1) is 6.10 Å². The molecule has 0 aromatic heterocycles. The minimum Gasteiger partial charge on any atom is -0.398 e. The molecule has 18 heavy (non-hydrogen) atoms. The molecule has 0 aliphatic rings. The predicted molar refractivity (Wildman–Crippen MR) is 70.9 cm³/mol. The quantitative estimate of drug-likeness (QED) is 0.836. The van der Waals surface area contributed by atoms with E-state index >= 15 is 0 Å². The van der Waals surface area contributed by atoms with Gasteiger partial charge in [-0.15, -0.1) is 0 Å². The summed E-state index contributed by atoms with van der Waals surface area (Å²) >= 11 is 5.79. The van der Waals surface area contributed by atoms with Gasteiger partial charge in [0.25, 0.3) is 0 Å². The maximum absolute atomic E-state index is 13.5. The van der Waals surface area contributed by atoms with E-state index in [1.807, 2.05) is 0 Å². The predicted octanol–water partition coefficient (Wildman–Crippen LogP) is 3.34. The summed E-state index contributed by atoms with van der Waals surface area (Å²) in [5.41, 5.74) is 7.20. The fraction of sp³-hybridized carbons (Fsp3) is 0.143. The van der Waals surface area contributed by atoms with E-state index in [2.05, 4.69) is 0 Å². The number of rotatable bonds is 3. The molecule has 4 heteroatoms. The van der Waals surface area contributed by atoms with Gasteiger partial charge in [0.1, 0.15) is 5.82 Å². The Bertz CT molecular complexity index is 559. The van der Waals surface area contributed by atoms with Gasteiger partial charge >= 0.3 is 0 Å². The number of nitrogen functional groups attached to an aromatic ring is 1. The second-order valence-corrected chi connectivity index (χ2v) is 4.52. The minimum absolute atomic E-state index is 0.179. The first kappa shape index (κ1) is 12.9. The molecule has 0 spiro atoms. The Kier molecular flexibility index (Phi) is 3.84. The van der Waals surface area contributed by atoms with Gasteiger partial charge in [-0.3, -0.25) is 0 Å². The van der Waals surface area contributed by atoms with E-state index in [0.29, 0.717) is 21.8 Å².